The van der Waals surface area contributed by atoms with Gasteiger partial charge in [-0.05, 0) is 36.6 Å². The van der Waals surface area contributed by atoms with Crippen LogP contribution in [0.3, 0.4) is 0 Å². The van der Waals surface area contributed by atoms with E-state index in [4.69, 9.17) is 9.47 Å². The molecule has 0 amide bonds. The smallest absolute Gasteiger partial charge is 0.306 e. The van der Waals surface area contributed by atoms with Crippen molar-refractivity contribution in [1.82, 2.24) is 0 Å². The summed E-state index contributed by atoms with van der Waals surface area (Å²) < 4.78 is 11.1. The third-order valence-electron chi connectivity index (χ3n) is 4.08. The predicted octanol–water partition coefficient (Wildman–Crippen LogP) is 4.40. The van der Waals surface area contributed by atoms with E-state index >= 15 is 0 Å². The first-order chi connectivity index (χ1) is 12.0. The van der Waals surface area contributed by atoms with Crippen LogP contribution >= 0.6 is 0 Å². The van der Waals surface area contributed by atoms with Crippen LogP contribution in [0.2, 0.25) is 0 Å². The molecule has 2 rings (SSSR count). The summed E-state index contributed by atoms with van der Waals surface area (Å²) in [7, 11) is 0. The molecule has 2 unspecified atom stereocenters. The number of aromatic hydroxyl groups is 1. The highest BCUT2D eigenvalue weighted by Gasteiger charge is 2.24. The molecule has 4 nitrogen and oxygen atoms in total. The van der Waals surface area contributed by atoms with Crippen LogP contribution in [-0.4, -0.2) is 23.8 Å². The Morgan fingerprint density at radius 3 is 2.44 bits per heavy atom. The molecule has 0 heterocycles. The number of phenols is 1. The molecule has 2 aromatic rings. The van der Waals surface area contributed by atoms with E-state index in [1.54, 1.807) is 13.0 Å². The lowest BCUT2D eigenvalue weighted by Crippen LogP contribution is -2.24. The zero-order valence-corrected chi connectivity index (χ0v) is 15.1. The molecule has 2 atom stereocenters. The van der Waals surface area contributed by atoms with Gasteiger partial charge in [0.15, 0.2) is 6.10 Å². The molecule has 0 radical (unpaired) electrons. The molecule has 0 aromatic heterocycles. The van der Waals surface area contributed by atoms with E-state index in [2.05, 4.69) is 0 Å². The van der Waals surface area contributed by atoms with Gasteiger partial charge in [0, 0.05) is 19.4 Å². The lowest BCUT2D eigenvalue weighted by Gasteiger charge is -2.25. The Morgan fingerprint density at radius 2 is 1.84 bits per heavy atom. The van der Waals surface area contributed by atoms with Gasteiger partial charge in [0.05, 0.1) is 6.10 Å². The zero-order valence-electron chi connectivity index (χ0n) is 15.1. The number of esters is 1. The monoisotopic (exact) mass is 342 g/mol. The Kier molecular flexibility index (Phi) is 7.02. The largest absolute Gasteiger partial charge is 0.508 e. The molecular formula is C21H26O4. The highest BCUT2D eigenvalue weighted by Crippen LogP contribution is 2.30. The van der Waals surface area contributed by atoms with Gasteiger partial charge < -0.3 is 14.6 Å². The number of carbonyl (C=O) groups excluding carboxylic acids is 1. The van der Waals surface area contributed by atoms with Crippen LogP contribution in [0.1, 0.15) is 50.0 Å². The predicted molar refractivity (Wildman–Crippen MR) is 97.6 cm³/mol. The summed E-state index contributed by atoms with van der Waals surface area (Å²) in [5.74, 6) is -0.0907. The molecule has 0 spiro atoms. The van der Waals surface area contributed by atoms with Crippen molar-refractivity contribution in [3.05, 3.63) is 65.2 Å². The minimum Gasteiger partial charge on any atom is -0.508 e. The van der Waals surface area contributed by atoms with Crippen molar-refractivity contribution < 1.29 is 19.4 Å². The molecule has 4 heteroatoms. The summed E-state index contributed by atoms with van der Waals surface area (Å²) in [5.41, 5.74) is 2.69. The van der Waals surface area contributed by atoms with Gasteiger partial charge in [0.2, 0.25) is 0 Å². The number of ether oxygens (including phenoxy) is 2. The van der Waals surface area contributed by atoms with E-state index in [1.165, 1.54) is 0 Å². The fourth-order valence-electron chi connectivity index (χ4n) is 2.73. The van der Waals surface area contributed by atoms with Crippen molar-refractivity contribution >= 4 is 5.97 Å². The first-order valence-corrected chi connectivity index (χ1v) is 8.71. The Bertz CT molecular complexity index is 682. The van der Waals surface area contributed by atoms with E-state index in [-0.39, 0.29) is 17.8 Å². The Labute approximate surface area is 149 Å². The second-order valence-corrected chi connectivity index (χ2v) is 5.97. The zero-order chi connectivity index (χ0) is 18.2. The van der Waals surface area contributed by atoms with Crippen molar-refractivity contribution in [2.75, 3.05) is 6.61 Å². The fourth-order valence-corrected chi connectivity index (χ4v) is 2.73. The molecule has 0 bridgehead atoms. The second kappa shape index (κ2) is 9.23. The van der Waals surface area contributed by atoms with Gasteiger partial charge in [-0.3, -0.25) is 4.79 Å². The molecular weight excluding hydrogens is 316 g/mol. The van der Waals surface area contributed by atoms with Crippen LogP contribution < -0.4 is 0 Å². The van der Waals surface area contributed by atoms with Crippen molar-refractivity contribution in [2.24, 2.45) is 0 Å². The van der Waals surface area contributed by atoms with Crippen LogP contribution in [0, 0.1) is 0 Å². The van der Waals surface area contributed by atoms with Gasteiger partial charge in [0.25, 0.3) is 0 Å². The Balaban J connectivity index is 2.23. The number of rotatable bonds is 8. The molecule has 134 valence electrons. The first-order valence-electron chi connectivity index (χ1n) is 8.71. The summed E-state index contributed by atoms with van der Waals surface area (Å²) in [6.45, 7) is 6.05. The van der Waals surface area contributed by atoms with Crippen LogP contribution in [0.25, 0.3) is 0 Å². The van der Waals surface area contributed by atoms with Gasteiger partial charge in [-0.25, -0.2) is 0 Å². The van der Waals surface area contributed by atoms with E-state index < -0.39 is 6.10 Å². The number of hydrogen-bond donors (Lipinski definition) is 1. The number of benzene rings is 2. The average Bonchev–Trinajstić information content (AvgIpc) is 2.62. The molecule has 0 fully saturated rings. The van der Waals surface area contributed by atoms with Crippen LogP contribution in [0.4, 0.5) is 0 Å². The standard InChI is InChI=1S/C21H26O4/c1-4-20(23)25-21(15(3)24-5-2)18-12-11-17(19(22)14-18)13-16-9-7-6-8-10-16/h6-12,14-15,21-22H,4-5,13H2,1-3H3. The molecule has 0 aliphatic heterocycles. The SMILES string of the molecule is CCOC(C)C(OC(=O)CC)c1ccc(Cc2ccccc2)c(O)c1. The van der Waals surface area contributed by atoms with Crippen molar-refractivity contribution in [3.8, 4) is 5.75 Å². The maximum Gasteiger partial charge on any atom is 0.306 e. The second-order valence-electron chi connectivity index (χ2n) is 5.97. The molecule has 0 saturated heterocycles. The molecule has 0 aliphatic carbocycles. The van der Waals surface area contributed by atoms with Crippen LogP contribution in [0.15, 0.2) is 48.5 Å². The lowest BCUT2D eigenvalue weighted by atomic mass is 9.98. The normalized spacial score (nSPS) is 13.2. The summed E-state index contributed by atoms with van der Waals surface area (Å²) in [6.07, 6.45) is 0.116. The number of carbonyl (C=O) groups is 1. The van der Waals surface area contributed by atoms with E-state index in [0.29, 0.717) is 19.4 Å². The topological polar surface area (TPSA) is 55.8 Å². The summed E-state index contributed by atoms with van der Waals surface area (Å²) in [4.78, 5) is 11.8. The minimum absolute atomic E-state index is 0.197. The maximum absolute atomic E-state index is 11.8. The number of hydrogen-bond acceptors (Lipinski definition) is 4. The first kappa shape index (κ1) is 19.0. The molecule has 2 aromatic carbocycles. The molecule has 0 aliphatic rings. The summed E-state index contributed by atoms with van der Waals surface area (Å²) >= 11 is 0. The minimum atomic E-state index is -0.538. The third kappa shape index (κ3) is 5.33. The Morgan fingerprint density at radius 1 is 1.12 bits per heavy atom. The van der Waals surface area contributed by atoms with E-state index in [9.17, 15) is 9.90 Å². The van der Waals surface area contributed by atoms with Crippen molar-refractivity contribution in [1.29, 1.82) is 0 Å². The van der Waals surface area contributed by atoms with Crippen molar-refractivity contribution in [3.63, 3.8) is 0 Å². The number of phenolic OH excluding ortho intramolecular Hbond substituents is 1. The summed E-state index contributed by atoms with van der Waals surface area (Å²) in [6, 6.07) is 15.4. The van der Waals surface area contributed by atoms with Gasteiger partial charge in [-0.15, -0.1) is 0 Å². The molecule has 1 N–H and O–H groups in total. The van der Waals surface area contributed by atoms with Crippen molar-refractivity contribution in [2.45, 2.75) is 45.8 Å². The quantitative estimate of drug-likeness (QED) is 0.722. The lowest BCUT2D eigenvalue weighted by molar-refractivity contribution is -0.157. The third-order valence-corrected chi connectivity index (χ3v) is 4.08. The molecule has 25 heavy (non-hydrogen) atoms. The fraction of sp³-hybridized carbons (Fsp3) is 0.381. The van der Waals surface area contributed by atoms with Gasteiger partial charge in [0.1, 0.15) is 5.75 Å². The maximum atomic E-state index is 11.8. The Hall–Kier alpha value is -2.33. The molecule has 0 saturated carbocycles. The van der Waals surface area contributed by atoms with Gasteiger partial charge in [-0.1, -0.05) is 49.4 Å². The highest BCUT2D eigenvalue weighted by molar-refractivity contribution is 5.69. The van der Waals surface area contributed by atoms with Crippen LogP contribution in [-0.2, 0) is 20.7 Å². The van der Waals surface area contributed by atoms with Gasteiger partial charge >= 0.3 is 5.97 Å². The van der Waals surface area contributed by atoms with E-state index in [1.807, 2.05) is 56.3 Å². The summed E-state index contributed by atoms with van der Waals surface area (Å²) in [5, 5.41) is 10.4. The van der Waals surface area contributed by atoms with E-state index in [0.717, 1.165) is 16.7 Å². The average molecular weight is 342 g/mol. The van der Waals surface area contributed by atoms with Gasteiger partial charge in [-0.2, -0.15) is 0 Å². The highest BCUT2D eigenvalue weighted by atomic mass is 16.6. The van der Waals surface area contributed by atoms with Crippen LogP contribution in [0.5, 0.6) is 5.75 Å².